The Morgan fingerprint density at radius 1 is 1.20 bits per heavy atom. The Morgan fingerprint density at radius 2 is 1.94 bits per heavy atom. The molecule has 3 amide bonds. The average molecular weight is 499 g/mol. The number of esters is 1. The number of methoxy groups -OCH3 is 1. The molecule has 2 aromatic heterocycles. The van der Waals surface area contributed by atoms with Gasteiger partial charge in [-0.25, -0.2) is 20.1 Å². The van der Waals surface area contributed by atoms with Gasteiger partial charge < -0.3 is 9.30 Å². The summed E-state index contributed by atoms with van der Waals surface area (Å²) in [6.45, 7) is 4.16. The predicted octanol–water partition coefficient (Wildman–Crippen LogP) is 4.29. The minimum absolute atomic E-state index is 0.244. The summed E-state index contributed by atoms with van der Waals surface area (Å²) in [6, 6.07) is 7.45. The number of hydrogen-bond acceptors (Lipinski definition) is 7. The fourth-order valence-corrected chi connectivity index (χ4v) is 4.53. The van der Waals surface area contributed by atoms with E-state index < -0.39 is 23.9 Å². The number of thiophene rings is 1. The van der Waals surface area contributed by atoms with Crippen molar-refractivity contribution >= 4 is 29.2 Å². The number of amides is 3. The predicted molar refractivity (Wildman–Crippen MR) is 132 cm³/mol. The number of imide groups is 1. The highest BCUT2D eigenvalue weighted by atomic mass is 32.1. The van der Waals surface area contributed by atoms with E-state index in [9.17, 15) is 19.6 Å². The zero-order valence-electron chi connectivity index (χ0n) is 20.1. The Kier molecular flexibility index (Phi) is 9.16. The van der Waals surface area contributed by atoms with Gasteiger partial charge in [0.2, 0.25) is 0 Å². The summed E-state index contributed by atoms with van der Waals surface area (Å²) in [5.41, 5.74) is 4.12. The molecule has 1 aromatic carbocycles. The van der Waals surface area contributed by atoms with Gasteiger partial charge in [0.1, 0.15) is 11.5 Å². The zero-order valence-corrected chi connectivity index (χ0v) is 20.9. The smallest absolute Gasteiger partial charge is 0.348 e. The standard InChI is InChI=1S/C25H30N4O5S/c1-4-5-6-22-26-14-21(28(22)15-18-7-9-20(10-8-18)24(31)34-3)23(30)29(25(32)27-33)17(2)13-19-11-12-35-16-19/h7-12,14,16-17,33H,4-6,13,15H2,1-3H3,(H,27,32). The number of rotatable bonds is 10. The van der Waals surface area contributed by atoms with Gasteiger partial charge in [0.25, 0.3) is 5.91 Å². The van der Waals surface area contributed by atoms with Crippen molar-refractivity contribution in [2.24, 2.45) is 0 Å². The van der Waals surface area contributed by atoms with Gasteiger partial charge in [-0.1, -0.05) is 25.5 Å². The van der Waals surface area contributed by atoms with E-state index in [-0.39, 0.29) is 5.69 Å². The van der Waals surface area contributed by atoms with Crippen molar-refractivity contribution < 1.29 is 24.3 Å². The normalized spacial score (nSPS) is 11.7. The molecule has 0 saturated heterocycles. The molecule has 0 spiro atoms. The van der Waals surface area contributed by atoms with Crippen LogP contribution in [0.3, 0.4) is 0 Å². The van der Waals surface area contributed by atoms with Gasteiger partial charge in [-0.3, -0.25) is 14.9 Å². The van der Waals surface area contributed by atoms with Crippen LogP contribution in [0.4, 0.5) is 4.79 Å². The van der Waals surface area contributed by atoms with Crippen LogP contribution in [-0.4, -0.2) is 50.7 Å². The molecule has 3 aromatic rings. The number of hydrogen-bond donors (Lipinski definition) is 2. The molecule has 186 valence electrons. The molecule has 0 bridgehead atoms. The number of hydroxylamine groups is 1. The van der Waals surface area contributed by atoms with Gasteiger partial charge in [0.05, 0.1) is 18.9 Å². The first-order valence-electron chi connectivity index (χ1n) is 11.4. The van der Waals surface area contributed by atoms with Crippen LogP contribution in [-0.2, 0) is 24.1 Å². The molecule has 0 radical (unpaired) electrons. The highest BCUT2D eigenvalue weighted by Crippen LogP contribution is 2.19. The molecule has 2 N–H and O–H groups in total. The first kappa shape index (κ1) is 26.1. The van der Waals surface area contributed by atoms with Crippen molar-refractivity contribution in [3.63, 3.8) is 0 Å². The number of aryl methyl sites for hydroxylation is 1. The van der Waals surface area contributed by atoms with Gasteiger partial charge >= 0.3 is 12.0 Å². The highest BCUT2D eigenvalue weighted by molar-refractivity contribution is 7.07. The molecule has 2 heterocycles. The largest absolute Gasteiger partial charge is 0.465 e. The number of carbonyl (C=O) groups excluding carboxylic acids is 3. The van der Waals surface area contributed by atoms with Gasteiger partial charge in [-0.15, -0.1) is 0 Å². The Balaban J connectivity index is 1.94. The first-order valence-corrected chi connectivity index (χ1v) is 12.3. The maximum absolute atomic E-state index is 13.6. The van der Waals surface area contributed by atoms with Gasteiger partial charge in [-0.2, -0.15) is 11.3 Å². The maximum Gasteiger partial charge on any atom is 0.348 e. The maximum atomic E-state index is 13.6. The molecule has 0 fully saturated rings. The number of ether oxygens (including phenoxy) is 1. The van der Waals surface area contributed by atoms with Crippen LogP contribution in [0.2, 0.25) is 0 Å². The number of urea groups is 1. The van der Waals surface area contributed by atoms with Crippen LogP contribution in [0, 0.1) is 0 Å². The molecular formula is C25H30N4O5S. The molecule has 9 nitrogen and oxygen atoms in total. The van der Waals surface area contributed by atoms with E-state index in [1.165, 1.54) is 24.6 Å². The molecule has 10 heteroatoms. The third-order valence-electron chi connectivity index (χ3n) is 5.71. The molecule has 0 saturated carbocycles. The summed E-state index contributed by atoms with van der Waals surface area (Å²) < 4.78 is 6.54. The minimum Gasteiger partial charge on any atom is -0.465 e. The summed E-state index contributed by atoms with van der Waals surface area (Å²) >= 11 is 1.53. The SMILES string of the molecule is CCCCc1ncc(C(=O)N(C(=O)NO)C(C)Cc2ccsc2)n1Cc1ccc(C(=O)OC)cc1. The van der Waals surface area contributed by atoms with E-state index in [4.69, 9.17) is 4.74 Å². The van der Waals surface area contributed by atoms with Crippen LogP contribution in [0.15, 0.2) is 47.3 Å². The third kappa shape index (κ3) is 6.34. The van der Waals surface area contributed by atoms with Crippen LogP contribution in [0.25, 0.3) is 0 Å². The van der Waals surface area contributed by atoms with Crippen molar-refractivity contribution in [1.82, 2.24) is 19.9 Å². The van der Waals surface area contributed by atoms with Gasteiger partial charge in [0.15, 0.2) is 0 Å². The van der Waals surface area contributed by atoms with E-state index in [1.54, 1.807) is 41.2 Å². The van der Waals surface area contributed by atoms with Crippen molar-refractivity contribution in [2.75, 3.05) is 7.11 Å². The lowest BCUT2D eigenvalue weighted by molar-refractivity contribution is 0.0599. The second-order valence-electron chi connectivity index (χ2n) is 8.21. The number of imidazole rings is 1. The first-order chi connectivity index (χ1) is 16.9. The van der Waals surface area contributed by atoms with Gasteiger partial charge in [0, 0.05) is 19.0 Å². The van der Waals surface area contributed by atoms with E-state index in [2.05, 4.69) is 11.9 Å². The number of nitrogens with zero attached hydrogens (tertiary/aromatic N) is 3. The number of nitrogens with one attached hydrogen (secondary N) is 1. The van der Waals surface area contributed by atoms with E-state index in [0.717, 1.165) is 34.7 Å². The second kappa shape index (κ2) is 12.3. The van der Waals surface area contributed by atoms with Crippen molar-refractivity contribution in [1.29, 1.82) is 0 Å². The molecule has 0 aliphatic heterocycles. The lowest BCUT2D eigenvalue weighted by atomic mass is 10.1. The molecular weight excluding hydrogens is 468 g/mol. The topological polar surface area (TPSA) is 114 Å². The number of aromatic nitrogens is 2. The van der Waals surface area contributed by atoms with Crippen LogP contribution in [0.5, 0.6) is 0 Å². The van der Waals surface area contributed by atoms with E-state index in [0.29, 0.717) is 24.9 Å². The molecule has 0 aliphatic carbocycles. The fraction of sp³-hybridized carbons (Fsp3) is 0.360. The third-order valence-corrected chi connectivity index (χ3v) is 6.44. The molecule has 0 aliphatic rings. The Bertz CT molecular complexity index is 1140. The lowest BCUT2D eigenvalue weighted by Gasteiger charge is -2.27. The Morgan fingerprint density at radius 3 is 2.54 bits per heavy atom. The van der Waals surface area contributed by atoms with E-state index in [1.807, 2.05) is 16.8 Å². The summed E-state index contributed by atoms with van der Waals surface area (Å²) in [5, 5.41) is 13.2. The zero-order chi connectivity index (χ0) is 25.4. The van der Waals surface area contributed by atoms with Crippen LogP contribution >= 0.6 is 11.3 Å². The molecule has 3 rings (SSSR count). The van der Waals surface area contributed by atoms with Gasteiger partial charge in [-0.05, 0) is 59.9 Å². The fourth-order valence-electron chi connectivity index (χ4n) is 3.85. The lowest BCUT2D eigenvalue weighted by Crippen LogP contribution is -2.49. The summed E-state index contributed by atoms with van der Waals surface area (Å²) in [5.74, 6) is -0.258. The minimum atomic E-state index is -0.900. The monoisotopic (exact) mass is 498 g/mol. The Labute approximate surface area is 208 Å². The number of benzene rings is 1. The summed E-state index contributed by atoms with van der Waals surface area (Å²) in [7, 11) is 1.33. The van der Waals surface area contributed by atoms with Crippen LogP contribution in [0.1, 0.15) is 64.5 Å². The number of carbonyl (C=O) groups is 3. The Hall–Kier alpha value is -3.50. The average Bonchev–Trinajstić information content (AvgIpc) is 3.52. The quantitative estimate of drug-likeness (QED) is 0.245. The van der Waals surface area contributed by atoms with Crippen molar-refractivity contribution in [3.8, 4) is 0 Å². The summed E-state index contributed by atoms with van der Waals surface area (Å²) in [4.78, 5) is 43.4. The number of unbranched alkanes of at least 4 members (excludes halogenated alkanes) is 1. The van der Waals surface area contributed by atoms with Crippen molar-refractivity contribution in [3.05, 3.63) is 75.5 Å². The molecule has 1 unspecified atom stereocenters. The van der Waals surface area contributed by atoms with Crippen molar-refractivity contribution in [2.45, 2.75) is 52.1 Å². The molecule has 35 heavy (non-hydrogen) atoms. The van der Waals surface area contributed by atoms with Crippen LogP contribution < -0.4 is 5.48 Å². The second-order valence-corrected chi connectivity index (χ2v) is 8.99. The summed E-state index contributed by atoms with van der Waals surface area (Å²) in [6.07, 6.45) is 4.45. The van der Waals surface area contributed by atoms with E-state index >= 15 is 0 Å². The highest BCUT2D eigenvalue weighted by Gasteiger charge is 2.31. The molecule has 1 atom stereocenters.